The van der Waals surface area contributed by atoms with Crippen LogP contribution in [0.3, 0.4) is 0 Å². The second kappa shape index (κ2) is 6.79. The zero-order chi connectivity index (χ0) is 19.3. The number of para-hydroxylation sites is 1. The van der Waals surface area contributed by atoms with Crippen LogP contribution in [0.15, 0.2) is 59.5 Å². The Kier molecular flexibility index (Phi) is 4.38. The third-order valence-corrected chi connectivity index (χ3v) is 8.98. The Labute approximate surface area is 169 Å². The minimum atomic E-state index is -3.64. The number of hydrogen-bond donors (Lipinski definition) is 0. The standard InChI is InChI=1S/C22H21NO3S2/c1-26-19-8-3-2-6-17(19)22-23(13-14-27-22)28(24,25)20-12-11-16-10-9-15-5-4-7-18(20)21(15)16/h2-8,11-12,22H,9-10,13-14H2,1H3. The van der Waals surface area contributed by atoms with E-state index in [1.165, 1.54) is 11.1 Å². The van der Waals surface area contributed by atoms with Crippen LogP contribution in [0.4, 0.5) is 0 Å². The van der Waals surface area contributed by atoms with Crippen molar-refractivity contribution in [2.75, 3.05) is 19.4 Å². The quantitative estimate of drug-likeness (QED) is 0.639. The van der Waals surface area contributed by atoms with Gasteiger partial charge in [-0.15, -0.1) is 11.8 Å². The fourth-order valence-electron chi connectivity index (χ4n) is 4.39. The summed E-state index contributed by atoms with van der Waals surface area (Å²) in [5.74, 6) is 1.49. The Morgan fingerprint density at radius 2 is 1.79 bits per heavy atom. The highest BCUT2D eigenvalue weighted by atomic mass is 32.2. The van der Waals surface area contributed by atoms with Gasteiger partial charge >= 0.3 is 0 Å². The maximum Gasteiger partial charge on any atom is 0.245 e. The molecule has 1 unspecified atom stereocenters. The number of aryl methyl sites for hydroxylation is 2. The molecule has 1 heterocycles. The van der Waals surface area contributed by atoms with Crippen molar-refractivity contribution >= 4 is 32.6 Å². The second-order valence-corrected chi connectivity index (χ2v) is 10.2. The number of benzene rings is 3. The molecule has 0 radical (unpaired) electrons. The van der Waals surface area contributed by atoms with Crippen LogP contribution in [-0.2, 0) is 22.9 Å². The molecule has 1 aliphatic heterocycles. The molecule has 28 heavy (non-hydrogen) atoms. The van der Waals surface area contributed by atoms with E-state index in [4.69, 9.17) is 4.74 Å². The molecule has 1 fully saturated rings. The summed E-state index contributed by atoms with van der Waals surface area (Å²) in [6, 6.07) is 17.5. The SMILES string of the molecule is COc1ccccc1C1SCCN1S(=O)(=O)c1ccc2c3c(cccc13)CC2. The van der Waals surface area contributed by atoms with Crippen LogP contribution in [0.1, 0.15) is 22.1 Å². The fraction of sp³-hybridized carbons (Fsp3) is 0.273. The van der Waals surface area contributed by atoms with Gasteiger partial charge in [-0.05, 0) is 41.5 Å². The molecule has 1 aliphatic carbocycles. The molecular weight excluding hydrogens is 390 g/mol. The first kappa shape index (κ1) is 18.0. The highest BCUT2D eigenvalue weighted by Gasteiger charge is 2.39. The molecule has 3 aromatic carbocycles. The van der Waals surface area contributed by atoms with Crippen LogP contribution in [0.5, 0.6) is 5.75 Å². The van der Waals surface area contributed by atoms with Crippen molar-refractivity contribution in [1.29, 1.82) is 0 Å². The smallest absolute Gasteiger partial charge is 0.245 e. The average Bonchev–Trinajstić information content (AvgIpc) is 3.37. The average molecular weight is 412 g/mol. The van der Waals surface area contributed by atoms with E-state index in [1.54, 1.807) is 29.2 Å². The molecule has 0 amide bonds. The first-order valence-corrected chi connectivity index (χ1v) is 11.9. The molecule has 4 nitrogen and oxygen atoms in total. The molecule has 1 saturated heterocycles. The molecule has 0 bridgehead atoms. The van der Waals surface area contributed by atoms with Gasteiger partial charge in [-0.3, -0.25) is 0 Å². The lowest BCUT2D eigenvalue weighted by molar-refractivity contribution is 0.390. The zero-order valence-electron chi connectivity index (χ0n) is 15.6. The monoisotopic (exact) mass is 411 g/mol. The lowest BCUT2D eigenvalue weighted by Gasteiger charge is -2.25. The van der Waals surface area contributed by atoms with Crippen molar-refractivity contribution in [1.82, 2.24) is 4.31 Å². The normalized spacial score (nSPS) is 19.4. The molecule has 6 heteroatoms. The number of rotatable bonds is 4. The number of methoxy groups -OCH3 is 1. The van der Waals surface area contributed by atoms with Gasteiger partial charge in [0.1, 0.15) is 5.75 Å². The van der Waals surface area contributed by atoms with Gasteiger partial charge in [-0.2, -0.15) is 4.31 Å². The van der Waals surface area contributed by atoms with Crippen LogP contribution in [0.25, 0.3) is 10.8 Å². The van der Waals surface area contributed by atoms with Crippen molar-refractivity contribution in [3.8, 4) is 5.75 Å². The Balaban J connectivity index is 1.64. The largest absolute Gasteiger partial charge is 0.496 e. The molecular formula is C22H21NO3S2. The number of ether oxygens (including phenoxy) is 1. The molecule has 0 N–H and O–H groups in total. The van der Waals surface area contributed by atoms with E-state index in [0.717, 1.165) is 40.7 Å². The van der Waals surface area contributed by atoms with E-state index in [-0.39, 0.29) is 5.37 Å². The summed E-state index contributed by atoms with van der Waals surface area (Å²) in [6.07, 6.45) is 1.97. The van der Waals surface area contributed by atoms with Crippen LogP contribution < -0.4 is 4.74 Å². The van der Waals surface area contributed by atoms with Crippen molar-refractivity contribution in [2.24, 2.45) is 0 Å². The summed E-state index contributed by atoms with van der Waals surface area (Å²) >= 11 is 1.65. The molecule has 0 saturated carbocycles. The van der Waals surface area contributed by atoms with Gasteiger partial charge < -0.3 is 4.74 Å². The van der Waals surface area contributed by atoms with Gasteiger partial charge in [0.05, 0.1) is 17.4 Å². The van der Waals surface area contributed by atoms with Crippen LogP contribution >= 0.6 is 11.8 Å². The van der Waals surface area contributed by atoms with E-state index in [9.17, 15) is 8.42 Å². The van der Waals surface area contributed by atoms with E-state index < -0.39 is 10.0 Å². The summed E-state index contributed by atoms with van der Waals surface area (Å²) < 4.78 is 34.6. The molecule has 2 aliphatic rings. The van der Waals surface area contributed by atoms with Gasteiger partial charge in [-0.25, -0.2) is 8.42 Å². The second-order valence-electron chi connectivity index (χ2n) is 7.14. The van der Waals surface area contributed by atoms with Crippen molar-refractivity contribution in [3.05, 3.63) is 71.3 Å². The highest BCUT2D eigenvalue weighted by Crippen LogP contribution is 2.45. The lowest BCUT2D eigenvalue weighted by Crippen LogP contribution is -2.31. The molecule has 1 atom stereocenters. The molecule has 5 rings (SSSR count). The van der Waals surface area contributed by atoms with E-state index >= 15 is 0 Å². The Hall–Kier alpha value is -2.02. The first-order valence-electron chi connectivity index (χ1n) is 9.41. The highest BCUT2D eigenvalue weighted by molar-refractivity contribution is 8.01. The number of nitrogens with zero attached hydrogens (tertiary/aromatic N) is 1. The van der Waals surface area contributed by atoms with E-state index in [0.29, 0.717) is 11.4 Å². The van der Waals surface area contributed by atoms with Crippen LogP contribution in [0, 0.1) is 0 Å². The Morgan fingerprint density at radius 3 is 2.61 bits per heavy atom. The lowest BCUT2D eigenvalue weighted by atomic mass is 10.1. The van der Waals surface area contributed by atoms with E-state index in [1.807, 2.05) is 42.5 Å². The third-order valence-electron chi connectivity index (χ3n) is 5.68. The summed E-state index contributed by atoms with van der Waals surface area (Å²) in [6.45, 7) is 0.499. The first-order chi connectivity index (χ1) is 13.6. The summed E-state index contributed by atoms with van der Waals surface area (Å²) in [5, 5.41) is 1.71. The number of hydrogen-bond acceptors (Lipinski definition) is 4. The van der Waals surface area contributed by atoms with Gasteiger partial charge in [0.25, 0.3) is 0 Å². The molecule has 3 aromatic rings. The van der Waals surface area contributed by atoms with Gasteiger partial charge in [0, 0.05) is 23.2 Å². The predicted octanol–water partition coefficient (Wildman–Crippen LogP) is 4.38. The molecule has 144 valence electrons. The van der Waals surface area contributed by atoms with E-state index in [2.05, 4.69) is 6.07 Å². The minimum absolute atomic E-state index is 0.274. The van der Waals surface area contributed by atoms with Gasteiger partial charge in [-0.1, -0.05) is 42.5 Å². The molecule has 0 spiro atoms. The summed E-state index contributed by atoms with van der Waals surface area (Å²) in [7, 11) is -2.01. The summed E-state index contributed by atoms with van der Waals surface area (Å²) in [4.78, 5) is 0.414. The topological polar surface area (TPSA) is 46.6 Å². The van der Waals surface area contributed by atoms with Crippen LogP contribution in [0.2, 0.25) is 0 Å². The number of thioether (sulfide) groups is 1. The summed E-state index contributed by atoms with van der Waals surface area (Å²) in [5.41, 5.74) is 3.41. The Morgan fingerprint density at radius 1 is 1.00 bits per heavy atom. The fourth-order valence-corrected chi connectivity index (χ4v) is 7.83. The zero-order valence-corrected chi connectivity index (χ0v) is 17.2. The maximum atomic E-state index is 13.7. The maximum absolute atomic E-state index is 13.7. The van der Waals surface area contributed by atoms with Gasteiger partial charge in [0.15, 0.2) is 0 Å². The van der Waals surface area contributed by atoms with Crippen molar-refractivity contribution in [3.63, 3.8) is 0 Å². The molecule has 0 aromatic heterocycles. The predicted molar refractivity (Wildman–Crippen MR) is 113 cm³/mol. The van der Waals surface area contributed by atoms with Gasteiger partial charge in [0.2, 0.25) is 10.0 Å². The van der Waals surface area contributed by atoms with Crippen molar-refractivity contribution in [2.45, 2.75) is 23.1 Å². The van der Waals surface area contributed by atoms with Crippen LogP contribution in [-0.4, -0.2) is 32.1 Å². The third kappa shape index (κ3) is 2.66. The van der Waals surface area contributed by atoms with Crippen molar-refractivity contribution < 1.29 is 13.2 Å². The number of sulfonamides is 1. The minimum Gasteiger partial charge on any atom is -0.496 e. The Bertz CT molecular complexity index is 1160.